The Labute approximate surface area is 159 Å². The normalized spacial score (nSPS) is 19.6. The van der Waals surface area contributed by atoms with Crippen LogP contribution in [-0.4, -0.2) is 45.8 Å². The fourth-order valence-electron chi connectivity index (χ4n) is 3.45. The summed E-state index contributed by atoms with van der Waals surface area (Å²) in [5, 5.41) is 7.34. The molecule has 0 aliphatic carbocycles. The second-order valence-corrected chi connectivity index (χ2v) is 6.81. The van der Waals surface area contributed by atoms with E-state index in [9.17, 15) is 9.59 Å². The predicted octanol–water partition coefficient (Wildman–Crippen LogP) is 1.64. The minimum absolute atomic E-state index is 0.109. The fraction of sp³-hybridized carbons (Fsp3) is 0.450. The van der Waals surface area contributed by atoms with Crippen LogP contribution in [0.3, 0.4) is 0 Å². The van der Waals surface area contributed by atoms with E-state index >= 15 is 0 Å². The first-order chi connectivity index (χ1) is 12.9. The van der Waals surface area contributed by atoms with E-state index in [1.165, 1.54) is 0 Å². The number of nitrogens with zero attached hydrogens (tertiary/aromatic N) is 3. The molecule has 1 fully saturated rings. The molecular formula is C20H26N4O3. The number of aryl methyl sites for hydroxylation is 2. The Morgan fingerprint density at radius 3 is 2.63 bits per heavy atom. The predicted molar refractivity (Wildman–Crippen MR) is 101 cm³/mol. The molecule has 1 aromatic heterocycles. The lowest BCUT2D eigenvalue weighted by Gasteiger charge is -2.35. The monoisotopic (exact) mass is 370 g/mol. The minimum atomic E-state index is -0.748. The number of morpholine rings is 1. The van der Waals surface area contributed by atoms with Gasteiger partial charge in [0.25, 0.3) is 5.91 Å². The summed E-state index contributed by atoms with van der Waals surface area (Å²) in [4.78, 5) is 26.9. The Hall–Kier alpha value is -2.67. The molecule has 2 amide bonds. The van der Waals surface area contributed by atoms with Crippen LogP contribution >= 0.6 is 0 Å². The molecule has 1 N–H and O–H groups in total. The van der Waals surface area contributed by atoms with Crippen LogP contribution in [0, 0.1) is 13.8 Å². The van der Waals surface area contributed by atoms with Crippen molar-refractivity contribution in [3.8, 4) is 0 Å². The Bertz CT molecular complexity index is 831. The summed E-state index contributed by atoms with van der Waals surface area (Å²) in [7, 11) is 1.90. The number of carbonyl (C=O) groups excluding carboxylic acids is 2. The zero-order valence-corrected chi connectivity index (χ0v) is 16.2. The molecule has 27 heavy (non-hydrogen) atoms. The number of benzene rings is 1. The molecule has 1 saturated heterocycles. The Morgan fingerprint density at radius 2 is 2.04 bits per heavy atom. The zero-order chi connectivity index (χ0) is 19.6. The van der Waals surface area contributed by atoms with Crippen molar-refractivity contribution in [2.75, 3.05) is 13.2 Å². The van der Waals surface area contributed by atoms with E-state index in [0.29, 0.717) is 13.1 Å². The molecule has 1 aromatic carbocycles. The third-order valence-corrected chi connectivity index (χ3v) is 5.12. The van der Waals surface area contributed by atoms with Crippen molar-refractivity contribution in [2.45, 2.75) is 39.5 Å². The Balaban J connectivity index is 1.85. The van der Waals surface area contributed by atoms with Crippen molar-refractivity contribution in [1.82, 2.24) is 20.0 Å². The van der Waals surface area contributed by atoms with Crippen LogP contribution in [0.25, 0.3) is 0 Å². The number of rotatable bonds is 5. The van der Waals surface area contributed by atoms with Crippen molar-refractivity contribution in [2.24, 2.45) is 7.05 Å². The number of hydrogen-bond acceptors (Lipinski definition) is 4. The first-order valence-electron chi connectivity index (χ1n) is 9.16. The van der Waals surface area contributed by atoms with Crippen LogP contribution in [-0.2, 0) is 27.9 Å². The van der Waals surface area contributed by atoms with Gasteiger partial charge in [-0.25, -0.2) is 0 Å². The number of likely N-dealkylation sites (N-methyl/N-ethyl adjacent to an activating group) is 1. The maximum Gasteiger partial charge on any atom is 0.254 e. The molecule has 0 bridgehead atoms. The van der Waals surface area contributed by atoms with Gasteiger partial charge in [-0.15, -0.1) is 0 Å². The molecule has 1 aliphatic rings. The van der Waals surface area contributed by atoms with Gasteiger partial charge in [0.15, 0.2) is 6.10 Å². The van der Waals surface area contributed by atoms with E-state index in [1.54, 1.807) is 4.90 Å². The fourth-order valence-corrected chi connectivity index (χ4v) is 3.45. The van der Waals surface area contributed by atoms with Gasteiger partial charge in [0.1, 0.15) is 6.61 Å². The molecule has 0 radical (unpaired) electrons. The molecule has 0 unspecified atom stereocenters. The summed E-state index contributed by atoms with van der Waals surface area (Å²) >= 11 is 0. The standard InChI is InChI=1S/C20H26N4O3/c1-5-24(11-16-13(2)22-23(4)14(16)3)20(26)19-18(21-17(25)12-27-19)15-9-7-6-8-10-15/h6-10,18-19H,5,11-12H2,1-4H3,(H,21,25)/t18-,19+/m1/s1. The third kappa shape index (κ3) is 3.88. The van der Waals surface area contributed by atoms with Crippen molar-refractivity contribution in [1.29, 1.82) is 0 Å². The summed E-state index contributed by atoms with van der Waals surface area (Å²) < 4.78 is 7.51. The van der Waals surface area contributed by atoms with Crippen LogP contribution in [0.4, 0.5) is 0 Å². The van der Waals surface area contributed by atoms with E-state index in [2.05, 4.69) is 10.4 Å². The third-order valence-electron chi connectivity index (χ3n) is 5.12. The maximum atomic E-state index is 13.3. The number of amides is 2. The average molecular weight is 370 g/mol. The highest BCUT2D eigenvalue weighted by atomic mass is 16.5. The molecule has 2 heterocycles. The largest absolute Gasteiger partial charge is 0.356 e. The highest BCUT2D eigenvalue weighted by Crippen LogP contribution is 2.25. The van der Waals surface area contributed by atoms with E-state index in [-0.39, 0.29) is 18.4 Å². The number of hydrogen-bond donors (Lipinski definition) is 1. The van der Waals surface area contributed by atoms with Crippen LogP contribution in [0.5, 0.6) is 0 Å². The first-order valence-corrected chi connectivity index (χ1v) is 9.16. The minimum Gasteiger partial charge on any atom is -0.356 e. The van der Waals surface area contributed by atoms with Gasteiger partial charge in [-0.05, 0) is 26.3 Å². The van der Waals surface area contributed by atoms with Crippen LogP contribution < -0.4 is 5.32 Å². The SMILES string of the molecule is CCN(Cc1c(C)nn(C)c1C)C(=O)[C@H]1OCC(=O)N[C@@H]1c1ccccc1. The quantitative estimate of drug-likeness (QED) is 0.868. The van der Waals surface area contributed by atoms with Gasteiger partial charge in [0, 0.05) is 31.4 Å². The zero-order valence-electron chi connectivity index (χ0n) is 16.2. The lowest BCUT2D eigenvalue weighted by molar-refractivity contribution is -0.155. The van der Waals surface area contributed by atoms with Gasteiger partial charge < -0.3 is 15.0 Å². The van der Waals surface area contributed by atoms with E-state index < -0.39 is 12.1 Å². The Morgan fingerprint density at radius 1 is 1.33 bits per heavy atom. The average Bonchev–Trinajstić information content (AvgIpc) is 2.91. The molecule has 7 heteroatoms. The first kappa shape index (κ1) is 19.1. The maximum absolute atomic E-state index is 13.3. The second kappa shape index (κ2) is 7.92. The molecule has 0 saturated carbocycles. The summed E-state index contributed by atoms with van der Waals surface area (Å²) in [6.45, 7) is 6.79. The van der Waals surface area contributed by atoms with Gasteiger partial charge in [-0.2, -0.15) is 5.10 Å². The number of ether oxygens (including phenoxy) is 1. The number of aromatic nitrogens is 2. The molecule has 2 atom stereocenters. The number of nitrogens with one attached hydrogen (secondary N) is 1. The lowest BCUT2D eigenvalue weighted by Crippen LogP contribution is -2.53. The van der Waals surface area contributed by atoms with Gasteiger partial charge in [-0.3, -0.25) is 14.3 Å². The molecular weight excluding hydrogens is 344 g/mol. The summed E-state index contributed by atoms with van der Waals surface area (Å²) in [5.41, 5.74) is 3.85. The van der Waals surface area contributed by atoms with Crippen LogP contribution in [0.2, 0.25) is 0 Å². The van der Waals surface area contributed by atoms with Gasteiger partial charge in [0.05, 0.1) is 11.7 Å². The molecule has 7 nitrogen and oxygen atoms in total. The van der Waals surface area contributed by atoms with Crippen molar-refractivity contribution < 1.29 is 14.3 Å². The molecule has 2 aromatic rings. The molecule has 144 valence electrons. The lowest BCUT2D eigenvalue weighted by atomic mass is 9.98. The highest BCUT2D eigenvalue weighted by Gasteiger charge is 2.38. The molecule has 3 rings (SSSR count). The van der Waals surface area contributed by atoms with E-state index in [0.717, 1.165) is 22.5 Å². The van der Waals surface area contributed by atoms with Crippen molar-refractivity contribution in [3.05, 3.63) is 52.8 Å². The van der Waals surface area contributed by atoms with Gasteiger partial charge >= 0.3 is 0 Å². The van der Waals surface area contributed by atoms with E-state index in [4.69, 9.17) is 4.74 Å². The van der Waals surface area contributed by atoms with Crippen LogP contribution in [0.15, 0.2) is 30.3 Å². The molecule has 1 aliphatic heterocycles. The van der Waals surface area contributed by atoms with Crippen LogP contribution in [0.1, 0.15) is 35.5 Å². The van der Waals surface area contributed by atoms with Gasteiger partial charge in [-0.1, -0.05) is 30.3 Å². The van der Waals surface area contributed by atoms with Gasteiger partial charge in [0.2, 0.25) is 5.91 Å². The van der Waals surface area contributed by atoms with E-state index in [1.807, 2.05) is 62.8 Å². The van der Waals surface area contributed by atoms with Crippen molar-refractivity contribution in [3.63, 3.8) is 0 Å². The smallest absolute Gasteiger partial charge is 0.254 e. The topological polar surface area (TPSA) is 76.5 Å². The summed E-state index contributed by atoms with van der Waals surface area (Å²) in [6.07, 6.45) is -0.748. The summed E-state index contributed by atoms with van der Waals surface area (Å²) in [5.74, 6) is -0.344. The highest BCUT2D eigenvalue weighted by molar-refractivity contribution is 5.86. The Kier molecular flexibility index (Phi) is 5.60. The number of carbonyl (C=O) groups is 2. The molecule has 0 spiro atoms. The second-order valence-electron chi connectivity index (χ2n) is 6.81. The van der Waals surface area contributed by atoms with Crippen molar-refractivity contribution >= 4 is 11.8 Å². The summed E-state index contributed by atoms with van der Waals surface area (Å²) in [6, 6.07) is 8.97.